The second kappa shape index (κ2) is 5.77. The van der Waals surface area contributed by atoms with Crippen LogP contribution < -0.4 is 10.6 Å². The minimum atomic E-state index is -0.164. The van der Waals surface area contributed by atoms with E-state index < -0.39 is 0 Å². The van der Waals surface area contributed by atoms with Crippen LogP contribution in [0.2, 0.25) is 0 Å². The summed E-state index contributed by atoms with van der Waals surface area (Å²) in [5.41, 5.74) is 1.29. The number of nitrogens with zero attached hydrogens (tertiary/aromatic N) is 2. The van der Waals surface area contributed by atoms with E-state index in [2.05, 4.69) is 20.6 Å². The first-order chi connectivity index (χ1) is 8.79. The van der Waals surface area contributed by atoms with Gasteiger partial charge >= 0.3 is 0 Å². The molecular formula is C13H14N4O. The summed E-state index contributed by atoms with van der Waals surface area (Å²) in [5.74, 6) is 0.530. The molecule has 5 nitrogen and oxygen atoms in total. The van der Waals surface area contributed by atoms with Gasteiger partial charge in [-0.25, -0.2) is 4.98 Å². The Morgan fingerprint density at radius 2 is 2.00 bits per heavy atom. The summed E-state index contributed by atoms with van der Waals surface area (Å²) in [4.78, 5) is 20.0. The van der Waals surface area contributed by atoms with Crippen LogP contribution in [0.25, 0.3) is 0 Å². The van der Waals surface area contributed by atoms with Crippen molar-refractivity contribution in [2.45, 2.75) is 6.92 Å². The van der Waals surface area contributed by atoms with Crippen LogP contribution in [0.4, 0.5) is 11.5 Å². The van der Waals surface area contributed by atoms with E-state index in [0.29, 0.717) is 11.4 Å². The fraction of sp³-hybridized carbons (Fsp3) is 0.154. The third kappa shape index (κ3) is 3.04. The van der Waals surface area contributed by atoms with Crippen molar-refractivity contribution >= 4 is 17.4 Å². The van der Waals surface area contributed by atoms with Gasteiger partial charge in [0.1, 0.15) is 5.82 Å². The van der Waals surface area contributed by atoms with Crippen molar-refractivity contribution in [1.29, 1.82) is 0 Å². The van der Waals surface area contributed by atoms with Crippen molar-refractivity contribution in [2.75, 3.05) is 17.2 Å². The lowest BCUT2D eigenvalue weighted by Gasteiger charge is -2.06. The highest BCUT2D eigenvalue weighted by atomic mass is 16.1. The standard InChI is InChI=1S/C13H14N4O/c1-2-15-12-9-10(3-8-16-12)13(18)17-11-4-6-14-7-5-11/h3-9H,2H2,1H3,(H,15,16)(H,14,17,18). The van der Waals surface area contributed by atoms with Crippen LogP contribution in [0.15, 0.2) is 42.9 Å². The zero-order chi connectivity index (χ0) is 12.8. The van der Waals surface area contributed by atoms with Crippen molar-refractivity contribution in [3.63, 3.8) is 0 Å². The van der Waals surface area contributed by atoms with Crippen LogP contribution in [0.5, 0.6) is 0 Å². The van der Waals surface area contributed by atoms with Crippen LogP contribution in [-0.2, 0) is 0 Å². The Morgan fingerprint density at radius 3 is 2.72 bits per heavy atom. The van der Waals surface area contributed by atoms with E-state index in [-0.39, 0.29) is 5.91 Å². The van der Waals surface area contributed by atoms with Crippen molar-refractivity contribution in [2.24, 2.45) is 0 Å². The van der Waals surface area contributed by atoms with E-state index in [1.54, 1.807) is 42.9 Å². The fourth-order valence-corrected chi connectivity index (χ4v) is 1.49. The summed E-state index contributed by atoms with van der Waals surface area (Å²) in [6.07, 6.45) is 4.87. The Hall–Kier alpha value is -2.43. The molecule has 2 aromatic rings. The molecule has 0 saturated carbocycles. The Morgan fingerprint density at radius 1 is 1.22 bits per heavy atom. The van der Waals surface area contributed by atoms with Crippen LogP contribution in [0.3, 0.4) is 0 Å². The quantitative estimate of drug-likeness (QED) is 0.862. The lowest BCUT2D eigenvalue weighted by atomic mass is 10.2. The Bertz CT molecular complexity index is 528. The van der Waals surface area contributed by atoms with Crippen LogP contribution >= 0.6 is 0 Å². The van der Waals surface area contributed by atoms with Gasteiger partial charge in [0.15, 0.2) is 0 Å². The molecule has 0 spiro atoms. The number of carbonyl (C=O) groups is 1. The topological polar surface area (TPSA) is 66.9 Å². The van der Waals surface area contributed by atoms with Gasteiger partial charge in [-0.3, -0.25) is 9.78 Å². The number of nitrogens with one attached hydrogen (secondary N) is 2. The van der Waals surface area contributed by atoms with Gasteiger partial charge in [0.25, 0.3) is 5.91 Å². The molecule has 18 heavy (non-hydrogen) atoms. The molecule has 0 radical (unpaired) electrons. The van der Waals surface area contributed by atoms with E-state index in [4.69, 9.17) is 0 Å². The van der Waals surface area contributed by atoms with Gasteiger partial charge in [-0.05, 0) is 31.2 Å². The van der Waals surface area contributed by atoms with Crippen molar-refractivity contribution in [3.05, 3.63) is 48.4 Å². The van der Waals surface area contributed by atoms with E-state index >= 15 is 0 Å². The summed E-state index contributed by atoms with van der Waals surface area (Å²) < 4.78 is 0. The summed E-state index contributed by atoms with van der Waals surface area (Å²) in [6.45, 7) is 2.74. The molecule has 0 saturated heterocycles. The molecular weight excluding hydrogens is 228 g/mol. The minimum Gasteiger partial charge on any atom is -0.370 e. The van der Waals surface area contributed by atoms with E-state index in [9.17, 15) is 4.79 Å². The predicted octanol–water partition coefficient (Wildman–Crippen LogP) is 2.16. The van der Waals surface area contributed by atoms with Gasteiger partial charge in [0.2, 0.25) is 0 Å². The molecule has 0 aliphatic rings. The van der Waals surface area contributed by atoms with Crippen LogP contribution in [-0.4, -0.2) is 22.4 Å². The number of rotatable bonds is 4. The monoisotopic (exact) mass is 242 g/mol. The molecule has 0 atom stereocenters. The van der Waals surface area contributed by atoms with Crippen molar-refractivity contribution < 1.29 is 4.79 Å². The van der Waals surface area contributed by atoms with Crippen LogP contribution in [0, 0.1) is 0 Å². The molecule has 2 aromatic heterocycles. The molecule has 0 fully saturated rings. The summed E-state index contributed by atoms with van der Waals surface area (Å²) >= 11 is 0. The summed E-state index contributed by atoms with van der Waals surface area (Å²) in [5, 5.41) is 5.86. The maximum atomic E-state index is 12.0. The highest BCUT2D eigenvalue weighted by molar-refractivity contribution is 6.04. The number of amides is 1. The number of anilines is 2. The number of carbonyl (C=O) groups excluding carboxylic acids is 1. The van der Waals surface area contributed by atoms with Gasteiger partial charge in [-0.15, -0.1) is 0 Å². The van der Waals surface area contributed by atoms with Crippen molar-refractivity contribution in [3.8, 4) is 0 Å². The highest BCUT2D eigenvalue weighted by Crippen LogP contribution is 2.10. The minimum absolute atomic E-state index is 0.164. The number of aromatic nitrogens is 2. The molecule has 2 rings (SSSR count). The second-order valence-corrected chi connectivity index (χ2v) is 3.65. The van der Waals surface area contributed by atoms with E-state index in [1.165, 1.54) is 0 Å². The van der Waals surface area contributed by atoms with Crippen molar-refractivity contribution in [1.82, 2.24) is 9.97 Å². The van der Waals surface area contributed by atoms with Gasteiger partial charge in [0.05, 0.1) is 0 Å². The summed E-state index contributed by atoms with van der Waals surface area (Å²) in [7, 11) is 0. The second-order valence-electron chi connectivity index (χ2n) is 3.65. The molecule has 2 N–H and O–H groups in total. The van der Waals surface area contributed by atoms with Gasteiger partial charge < -0.3 is 10.6 Å². The zero-order valence-electron chi connectivity index (χ0n) is 10.1. The largest absolute Gasteiger partial charge is 0.370 e. The van der Waals surface area contributed by atoms with E-state index in [0.717, 1.165) is 12.2 Å². The lowest BCUT2D eigenvalue weighted by molar-refractivity contribution is 0.102. The number of pyridine rings is 2. The molecule has 92 valence electrons. The average Bonchev–Trinajstić information content (AvgIpc) is 2.40. The number of hydrogen-bond donors (Lipinski definition) is 2. The predicted molar refractivity (Wildman–Crippen MR) is 70.6 cm³/mol. The first-order valence-corrected chi connectivity index (χ1v) is 5.71. The molecule has 0 unspecified atom stereocenters. The maximum absolute atomic E-state index is 12.0. The molecule has 2 heterocycles. The summed E-state index contributed by atoms with van der Waals surface area (Å²) in [6, 6.07) is 6.88. The third-order valence-electron chi connectivity index (χ3n) is 2.32. The first kappa shape index (κ1) is 12.0. The SMILES string of the molecule is CCNc1cc(C(=O)Nc2ccncc2)ccn1. The Labute approximate surface area is 105 Å². The van der Waals surface area contributed by atoms with E-state index in [1.807, 2.05) is 6.92 Å². The van der Waals surface area contributed by atoms with Crippen LogP contribution in [0.1, 0.15) is 17.3 Å². The molecule has 0 aromatic carbocycles. The fourth-order valence-electron chi connectivity index (χ4n) is 1.49. The number of hydrogen-bond acceptors (Lipinski definition) is 4. The molecule has 0 aliphatic heterocycles. The highest BCUT2D eigenvalue weighted by Gasteiger charge is 2.06. The average molecular weight is 242 g/mol. The first-order valence-electron chi connectivity index (χ1n) is 5.71. The molecule has 5 heteroatoms. The lowest BCUT2D eigenvalue weighted by Crippen LogP contribution is -2.12. The molecule has 0 bridgehead atoms. The Kier molecular flexibility index (Phi) is 3.86. The third-order valence-corrected chi connectivity index (χ3v) is 2.32. The van der Waals surface area contributed by atoms with Gasteiger partial charge in [0, 0.05) is 36.4 Å². The smallest absolute Gasteiger partial charge is 0.255 e. The van der Waals surface area contributed by atoms with Gasteiger partial charge in [-0.1, -0.05) is 0 Å². The zero-order valence-corrected chi connectivity index (χ0v) is 10.1. The molecule has 0 aliphatic carbocycles. The maximum Gasteiger partial charge on any atom is 0.255 e. The Balaban J connectivity index is 2.11. The van der Waals surface area contributed by atoms with Gasteiger partial charge in [-0.2, -0.15) is 0 Å². The molecule has 1 amide bonds. The normalized spacial score (nSPS) is 9.83.